The molecule has 4 N–H and O–H groups in total. The largest absolute Gasteiger partial charge is 0.398 e. The van der Waals surface area contributed by atoms with Crippen LogP contribution in [-0.2, 0) is 14.8 Å². The number of primary amides is 1. The molecule has 1 rings (SSSR count). The summed E-state index contributed by atoms with van der Waals surface area (Å²) in [7, 11) is -3.81. The molecular weight excluding hydrogens is 358 g/mol. The van der Waals surface area contributed by atoms with Gasteiger partial charge in [-0.1, -0.05) is 13.3 Å². The molecule has 21 heavy (non-hydrogen) atoms. The van der Waals surface area contributed by atoms with Gasteiger partial charge >= 0.3 is 0 Å². The molecular formula is C13H20BrN3O3S. The van der Waals surface area contributed by atoms with E-state index in [1.807, 2.05) is 6.92 Å². The topological polar surface area (TPSA) is 106 Å². The van der Waals surface area contributed by atoms with Crippen LogP contribution in [0.15, 0.2) is 21.5 Å². The minimum Gasteiger partial charge on any atom is -0.398 e. The van der Waals surface area contributed by atoms with Gasteiger partial charge in [0.25, 0.3) is 0 Å². The fourth-order valence-corrected chi connectivity index (χ4v) is 4.02. The number of aryl methyl sites for hydroxylation is 1. The molecule has 1 amide bonds. The molecule has 0 aromatic heterocycles. The van der Waals surface area contributed by atoms with E-state index in [-0.39, 0.29) is 18.0 Å². The number of carbonyl (C=O) groups excluding carboxylic acids is 1. The smallest absolute Gasteiger partial charge is 0.243 e. The monoisotopic (exact) mass is 377 g/mol. The summed E-state index contributed by atoms with van der Waals surface area (Å²) in [5, 5.41) is 0. The van der Waals surface area contributed by atoms with Gasteiger partial charge in [0.1, 0.15) is 0 Å². The zero-order valence-corrected chi connectivity index (χ0v) is 14.5. The van der Waals surface area contributed by atoms with Gasteiger partial charge in [-0.05, 0) is 47.0 Å². The Bertz CT molecular complexity index is 632. The Morgan fingerprint density at radius 3 is 2.52 bits per heavy atom. The average Bonchev–Trinajstić information content (AvgIpc) is 2.38. The molecule has 0 aliphatic carbocycles. The van der Waals surface area contributed by atoms with Crippen molar-refractivity contribution >= 4 is 37.5 Å². The number of unbranched alkanes of at least 4 members (excludes halogenated alkanes) is 1. The Hall–Kier alpha value is -1.12. The molecule has 0 saturated heterocycles. The lowest BCUT2D eigenvalue weighted by Gasteiger charge is -2.22. The second kappa shape index (κ2) is 7.24. The van der Waals surface area contributed by atoms with Crippen LogP contribution in [0.5, 0.6) is 0 Å². The van der Waals surface area contributed by atoms with Gasteiger partial charge in [-0.25, -0.2) is 8.42 Å². The molecule has 0 fully saturated rings. The zero-order valence-electron chi connectivity index (χ0n) is 12.1. The number of hydrogen-bond donors (Lipinski definition) is 2. The van der Waals surface area contributed by atoms with Gasteiger partial charge in [-0.2, -0.15) is 4.31 Å². The van der Waals surface area contributed by atoms with Gasteiger partial charge in [0, 0.05) is 16.7 Å². The fourth-order valence-electron chi connectivity index (χ4n) is 1.88. The van der Waals surface area contributed by atoms with Gasteiger partial charge in [-0.3, -0.25) is 4.79 Å². The number of amides is 1. The standard InChI is InChI=1S/C13H20BrN3O3S/c1-3-4-5-17(8-13(16)18)21(19,20)12-7-11(15)10(14)6-9(12)2/h6-7H,3-5,8,15H2,1-2H3,(H2,16,18). The number of halogens is 1. The number of carbonyl (C=O) groups is 1. The number of nitrogens with zero attached hydrogens (tertiary/aromatic N) is 1. The molecule has 0 saturated carbocycles. The Kier molecular flexibility index (Phi) is 6.18. The fraction of sp³-hybridized carbons (Fsp3) is 0.462. The van der Waals surface area contributed by atoms with E-state index >= 15 is 0 Å². The summed E-state index contributed by atoms with van der Waals surface area (Å²) >= 11 is 3.26. The maximum absolute atomic E-state index is 12.7. The molecule has 0 aliphatic rings. The molecule has 8 heteroatoms. The van der Waals surface area contributed by atoms with E-state index in [2.05, 4.69) is 15.9 Å². The highest BCUT2D eigenvalue weighted by molar-refractivity contribution is 9.10. The van der Waals surface area contributed by atoms with E-state index in [9.17, 15) is 13.2 Å². The van der Waals surface area contributed by atoms with Crippen LogP contribution in [-0.4, -0.2) is 31.7 Å². The summed E-state index contributed by atoms with van der Waals surface area (Å²) in [6.07, 6.45) is 1.46. The first-order valence-electron chi connectivity index (χ1n) is 6.54. The van der Waals surface area contributed by atoms with E-state index in [1.165, 1.54) is 6.07 Å². The molecule has 1 aromatic carbocycles. The number of benzene rings is 1. The predicted molar refractivity (Wildman–Crippen MR) is 86.2 cm³/mol. The predicted octanol–water partition coefficient (Wildman–Crippen LogP) is 1.62. The molecule has 0 radical (unpaired) electrons. The van der Waals surface area contributed by atoms with E-state index < -0.39 is 15.9 Å². The minimum absolute atomic E-state index is 0.0977. The number of hydrogen-bond acceptors (Lipinski definition) is 4. The quantitative estimate of drug-likeness (QED) is 0.703. The second-order valence-corrected chi connectivity index (χ2v) is 7.56. The Labute approximate surface area is 133 Å². The molecule has 0 bridgehead atoms. The number of sulfonamides is 1. The number of rotatable bonds is 7. The van der Waals surface area contributed by atoms with E-state index in [4.69, 9.17) is 11.5 Å². The normalized spacial score (nSPS) is 11.8. The van der Waals surface area contributed by atoms with E-state index in [0.29, 0.717) is 22.1 Å². The van der Waals surface area contributed by atoms with Crippen LogP contribution >= 0.6 is 15.9 Å². The lowest BCUT2D eigenvalue weighted by atomic mass is 10.2. The summed E-state index contributed by atoms with van der Waals surface area (Å²) in [4.78, 5) is 11.2. The number of nitrogens with two attached hydrogens (primary N) is 2. The van der Waals surface area contributed by atoms with Gasteiger partial charge in [0.15, 0.2) is 0 Å². The zero-order chi connectivity index (χ0) is 16.2. The summed E-state index contributed by atoms with van der Waals surface area (Å²) in [6.45, 7) is 3.53. The first kappa shape index (κ1) is 17.9. The summed E-state index contributed by atoms with van der Waals surface area (Å²) < 4.78 is 27.1. The van der Waals surface area contributed by atoms with Crippen LogP contribution in [0.3, 0.4) is 0 Å². The molecule has 0 heterocycles. The highest BCUT2D eigenvalue weighted by atomic mass is 79.9. The highest BCUT2D eigenvalue weighted by Gasteiger charge is 2.27. The molecule has 118 valence electrons. The van der Waals surface area contributed by atoms with Crippen molar-refractivity contribution in [2.24, 2.45) is 5.73 Å². The van der Waals surface area contributed by atoms with Crippen LogP contribution in [0.4, 0.5) is 5.69 Å². The third kappa shape index (κ3) is 4.42. The maximum atomic E-state index is 12.7. The third-order valence-corrected chi connectivity index (χ3v) is 5.68. The van der Waals surface area contributed by atoms with E-state index in [0.717, 1.165) is 10.7 Å². The maximum Gasteiger partial charge on any atom is 0.243 e. The van der Waals surface area contributed by atoms with Crippen LogP contribution in [0.1, 0.15) is 25.3 Å². The van der Waals surface area contributed by atoms with Crippen molar-refractivity contribution in [2.45, 2.75) is 31.6 Å². The van der Waals surface area contributed by atoms with Crippen LogP contribution in [0.25, 0.3) is 0 Å². The lowest BCUT2D eigenvalue weighted by molar-refractivity contribution is -0.118. The Morgan fingerprint density at radius 2 is 2.00 bits per heavy atom. The first-order chi connectivity index (χ1) is 9.70. The Morgan fingerprint density at radius 1 is 1.38 bits per heavy atom. The van der Waals surface area contributed by atoms with Crippen molar-refractivity contribution in [3.63, 3.8) is 0 Å². The van der Waals surface area contributed by atoms with Gasteiger partial charge in [0.05, 0.1) is 11.4 Å². The van der Waals surface area contributed by atoms with E-state index in [1.54, 1.807) is 13.0 Å². The average molecular weight is 378 g/mol. The summed E-state index contributed by atoms with van der Waals surface area (Å²) in [5.74, 6) is -0.683. The van der Waals surface area contributed by atoms with Gasteiger partial charge in [-0.15, -0.1) is 0 Å². The van der Waals surface area contributed by atoms with Crippen LogP contribution in [0.2, 0.25) is 0 Å². The summed E-state index contributed by atoms with van der Waals surface area (Å²) in [6, 6.07) is 3.04. The molecule has 0 aliphatic heterocycles. The summed E-state index contributed by atoms with van der Waals surface area (Å²) in [5.41, 5.74) is 11.8. The van der Waals surface area contributed by atoms with Gasteiger partial charge < -0.3 is 11.5 Å². The van der Waals surface area contributed by atoms with Crippen molar-refractivity contribution in [3.8, 4) is 0 Å². The van der Waals surface area contributed by atoms with Crippen molar-refractivity contribution < 1.29 is 13.2 Å². The third-order valence-electron chi connectivity index (χ3n) is 3.01. The molecule has 6 nitrogen and oxygen atoms in total. The molecule has 0 spiro atoms. The first-order valence-corrected chi connectivity index (χ1v) is 8.77. The second-order valence-electron chi connectivity index (χ2n) is 4.80. The van der Waals surface area contributed by atoms with Crippen LogP contribution in [0, 0.1) is 6.92 Å². The van der Waals surface area contributed by atoms with Gasteiger partial charge in [0.2, 0.25) is 15.9 Å². The minimum atomic E-state index is -3.81. The number of nitrogen functional groups attached to an aromatic ring is 1. The number of anilines is 1. The molecule has 0 atom stereocenters. The molecule has 0 unspecified atom stereocenters. The van der Waals surface area contributed by atoms with Crippen molar-refractivity contribution in [1.29, 1.82) is 0 Å². The SMILES string of the molecule is CCCCN(CC(N)=O)S(=O)(=O)c1cc(N)c(Br)cc1C. The Balaban J connectivity index is 3.27. The highest BCUT2D eigenvalue weighted by Crippen LogP contribution is 2.28. The van der Waals surface area contributed by atoms with Crippen molar-refractivity contribution in [2.75, 3.05) is 18.8 Å². The van der Waals surface area contributed by atoms with Crippen molar-refractivity contribution in [3.05, 3.63) is 22.2 Å². The van der Waals surface area contributed by atoms with Crippen molar-refractivity contribution in [1.82, 2.24) is 4.31 Å². The van der Waals surface area contributed by atoms with Crippen LogP contribution < -0.4 is 11.5 Å². The molecule has 1 aromatic rings. The lowest BCUT2D eigenvalue weighted by Crippen LogP contribution is -2.39.